The Balaban J connectivity index is 1.73. The summed E-state index contributed by atoms with van der Waals surface area (Å²) in [6.45, 7) is 18.8. The molecule has 48 heavy (non-hydrogen) atoms. The van der Waals surface area contributed by atoms with Crippen LogP contribution in [0, 0.1) is 22.7 Å². The highest BCUT2D eigenvalue weighted by Gasteiger charge is 2.46. The van der Waals surface area contributed by atoms with Gasteiger partial charge in [-0.3, -0.25) is 9.59 Å². The highest BCUT2D eigenvalue weighted by atomic mass is 16.7. The van der Waals surface area contributed by atoms with Crippen LogP contribution in [0.15, 0.2) is 0 Å². The van der Waals surface area contributed by atoms with E-state index in [0.717, 1.165) is 64.6 Å². The first kappa shape index (κ1) is 43.0. The summed E-state index contributed by atoms with van der Waals surface area (Å²) in [6.07, 6.45) is 22.2. The predicted octanol–water partition coefficient (Wildman–Crippen LogP) is 10.3. The monoisotopic (exact) mass is 680 g/mol. The largest absolute Gasteiger partial charge is 0.465 e. The number of carbonyl (C=O) groups excluding carboxylic acids is 2. The minimum absolute atomic E-state index is 0.00757. The predicted molar refractivity (Wildman–Crippen MR) is 197 cm³/mol. The van der Waals surface area contributed by atoms with Gasteiger partial charge in [0.25, 0.3) is 0 Å². The lowest BCUT2D eigenvalue weighted by Gasteiger charge is -2.51. The molecule has 0 radical (unpaired) electrons. The molecule has 2 atom stereocenters. The molecule has 0 heterocycles. The van der Waals surface area contributed by atoms with Crippen molar-refractivity contribution in [2.45, 2.75) is 183 Å². The molecule has 0 amide bonds. The normalized spacial score (nSPS) is 23.9. The van der Waals surface area contributed by atoms with Crippen molar-refractivity contribution in [3.05, 3.63) is 0 Å². The fraction of sp³-hybridized carbons (Fsp3) is 0.951. The van der Waals surface area contributed by atoms with Crippen LogP contribution in [0.25, 0.3) is 0 Å². The topological polar surface area (TPSA) is 74.3 Å². The standard InChI is InChI=1S/C41H77NO6/c1-7-11-13-15-17-19-26-45-39(46-27-20-18-16-14-12-8-2)24-23-38(44)48-34-41(6)31-35-28-36(32-41)30-40(5,29-35)33-47-37(43)22-21-25-42(9-3)10-4/h35-36,39H,7-34H2,1-6H3. The van der Waals surface area contributed by atoms with Crippen LogP contribution in [0.2, 0.25) is 0 Å². The second kappa shape index (κ2) is 24.9. The lowest BCUT2D eigenvalue weighted by Crippen LogP contribution is -2.44. The lowest BCUT2D eigenvalue weighted by atomic mass is 9.56. The van der Waals surface area contributed by atoms with Crippen molar-refractivity contribution in [3.8, 4) is 0 Å². The Kier molecular flexibility index (Phi) is 22.3. The van der Waals surface area contributed by atoms with E-state index in [1.807, 2.05) is 0 Å². The molecule has 0 aromatic heterocycles. The van der Waals surface area contributed by atoms with Crippen LogP contribution in [0.1, 0.15) is 176 Å². The summed E-state index contributed by atoms with van der Waals surface area (Å²) >= 11 is 0. The SMILES string of the molecule is CCCCCCCCOC(CCC(=O)OCC1(C)CC2CC(CC(C)(COC(=O)CCCN(CC)CC)C2)C1)OCCCCCCCC. The number of rotatable bonds is 29. The van der Waals surface area contributed by atoms with Gasteiger partial charge in [-0.1, -0.05) is 106 Å². The summed E-state index contributed by atoms with van der Waals surface area (Å²) in [7, 11) is 0. The lowest BCUT2D eigenvalue weighted by molar-refractivity contribution is -0.163. The zero-order chi connectivity index (χ0) is 35.1. The Labute approximate surface area is 296 Å². The van der Waals surface area contributed by atoms with Crippen molar-refractivity contribution >= 4 is 11.9 Å². The van der Waals surface area contributed by atoms with Crippen LogP contribution >= 0.6 is 0 Å². The van der Waals surface area contributed by atoms with Gasteiger partial charge in [0.1, 0.15) is 0 Å². The molecule has 2 saturated carbocycles. The Morgan fingerprint density at radius 3 is 1.52 bits per heavy atom. The van der Waals surface area contributed by atoms with Gasteiger partial charge in [-0.05, 0) is 82.8 Å². The Morgan fingerprint density at radius 2 is 1.06 bits per heavy atom. The minimum Gasteiger partial charge on any atom is -0.465 e. The number of ether oxygens (including phenoxy) is 4. The molecule has 0 saturated heterocycles. The first-order valence-electron chi connectivity index (χ1n) is 20.4. The van der Waals surface area contributed by atoms with Crippen LogP contribution in [0.4, 0.5) is 0 Å². The van der Waals surface area contributed by atoms with E-state index in [4.69, 9.17) is 18.9 Å². The van der Waals surface area contributed by atoms with E-state index >= 15 is 0 Å². The number of hydrogen-bond acceptors (Lipinski definition) is 7. The number of carbonyl (C=O) groups is 2. The number of esters is 2. The second-order valence-electron chi connectivity index (χ2n) is 16.1. The van der Waals surface area contributed by atoms with E-state index in [0.29, 0.717) is 57.5 Å². The molecule has 2 fully saturated rings. The Morgan fingerprint density at radius 1 is 0.625 bits per heavy atom. The summed E-state index contributed by atoms with van der Waals surface area (Å²) in [6, 6.07) is 0. The van der Waals surface area contributed by atoms with Crippen LogP contribution in [-0.4, -0.2) is 69.2 Å². The van der Waals surface area contributed by atoms with Gasteiger partial charge < -0.3 is 23.8 Å². The van der Waals surface area contributed by atoms with Gasteiger partial charge in [-0.2, -0.15) is 0 Å². The van der Waals surface area contributed by atoms with Crippen molar-refractivity contribution in [1.82, 2.24) is 4.90 Å². The first-order chi connectivity index (χ1) is 23.1. The molecular formula is C41H77NO6. The van der Waals surface area contributed by atoms with E-state index in [-0.39, 0.29) is 29.1 Å². The molecule has 0 aromatic carbocycles. The van der Waals surface area contributed by atoms with Crippen LogP contribution < -0.4 is 0 Å². The number of nitrogens with zero attached hydrogens (tertiary/aromatic N) is 1. The molecule has 2 rings (SSSR count). The average Bonchev–Trinajstić information content (AvgIpc) is 3.05. The maximum Gasteiger partial charge on any atom is 0.305 e. The average molecular weight is 680 g/mol. The molecule has 0 aromatic rings. The quantitative estimate of drug-likeness (QED) is 0.0442. The molecule has 2 aliphatic rings. The minimum atomic E-state index is -0.331. The van der Waals surface area contributed by atoms with Crippen molar-refractivity contribution in [1.29, 1.82) is 0 Å². The van der Waals surface area contributed by atoms with Crippen molar-refractivity contribution in [2.75, 3.05) is 46.1 Å². The number of unbranched alkanes of at least 4 members (excludes halogenated alkanes) is 10. The fourth-order valence-corrected chi connectivity index (χ4v) is 8.42. The zero-order valence-corrected chi connectivity index (χ0v) is 32.4. The van der Waals surface area contributed by atoms with Crippen LogP contribution in [0.3, 0.4) is 0 Å². The molecule has 7 nitrogen and oxygen atoms in total. The van der Waals surface area contributed by atoms with Crippen molar-refractivity contribution < 1.29 is 28.5 Å². The second-order valence-corrected chi connectivity index (χ2v) is 16.1. The fourth-order valence-electron chi connectivity index (χ4n) is 8.42. The number of hydrogen-bond donors (Lipinski definition) is 0. The summed E-state index contributed by atoms with van der Waals surface area (Å²) in [5.41, 5.74) is 0.0494. The smallest absolute Gasteiger partial charge is 0.305 e. The molecule has 2 unspecified atom stereocenters. The van der Waals surface area contributed by atoms with Crippen molar-refractivity contribution in [2.24, 2.45) is 22.7 Å². The summed E-state index contributed by atoms with van der Waals surface area (Å²) in [5, 5.41) is 0. The third-order valence-corrected chi connectivity index (χ3v) is 10.9. The van der Waals surface area contributed by atoms with E-state index in [2.05, 4.69) is 46.4 Å². The molecular weight excluding hydrogens is 602 g/mol. The van der Waals surface area contributed by atoms with Gasteiger partial charge in [0.2, 0.25) is 0 Å². The van der Waals surface area contributed by atoms with Crippen LogP contribution in [0.5, 0.6) is 0 Å². The first-order valence-corrected chi connectivity index (χ1v) is 20.4. The summed E-state index contributed by atoms with van der Waals surface area (Å²) in [4.78, 5) is 27.8. The van der Waals surface area contributed by atoms with Crippen molar-refractivity contribution in [3.63, 3.8) is 0 Å². The van der Waals surface area contributed by atoms with Gasteiger partial charge in [0.15, 0.2) is 6.29 Å². The summed E-state index contributed by atoms with van der Waals surface area (Å²) in [5.74, 6) is 0.977. The molecule has 2 aliphatic carbocycles. The Hall–Kier alpha value is -1.18. The molecule has 282 valence electrons. The van der Waals surface area contributed by atoms with Gasteiger partial charge in [0, 0.05) is 36.9 Å². The molecule has 0 spiro atoms. The van der Waals surface area contributed by atoms with E-state index in [1.54, 1.807) is 0 Å². The van der Waals surface area contributed by atoms with Gasteiger partial charge in [-0.25, -0.2) is 0 Å². The third-order valence-electron chi connectivity index (χ3n) is 10.9. The summed E-state index contributed by atoms with van der Waals surface area (Å²) < 4.78 is 24.0. The maximum absolute atomic E-state index is 12.9. The van der Waals surface area contributed by atoms with Gasteiger partial charge in [-0.15, -0.1) is 0 Å². The molecule has 7 heteroatoms. The third kappa shape index (κ3) is 18.7. The number of fused-ring (bicyclic) bond motifs is 2. The highest BCUT2D eigenvalue weighted by molar-refractivity contribution is 5.69. The molecule has 2 bridgehead atoms. The maximum atomic E-state index is 12.9. The van der Waals surface area contributed by atoms with E-state index in [1.165, 1.54) is 70.6 Å². The van der Waals surface area contributed by atoms with Gasteiger partial charge >= 0.3 is 11.9 Å². The highest BCUT2D eigenvalue weighted by Crippen LogP contribution is 2.54. The Bertz CT molecular complexity index is 813. The zero-order valence-electron chi connectivity index (χ0n) is 32.4. The van der Waals surface area contributed by atoms with Crippen LogP contribution in [-0.2, 0) is 28.5 Å². The molecule has 0 N–H and O–H groups in total. The van der Waals surface area contributed by atoms with Gasteiger partial charge in [0.05, 0.1) is 19.6 Å². The van der Waals surface area contributed by atoms with E-state index < -0.39 is 0 Å². The molecule has 0 aliphatic heterocycles. The van der Waals surface area contributed by atoms with E-state index in [9.17, 15) is 9.59 Å².